The lowest BCUT2D eigenvalue weighted by Crippen LogP contribution is -2.27. The molecule has 0 radical (unpaired) electrons. The molecule has 3 aromatic rings. The van der Waals surface area contributed by atoms with Gasteiger partial charge in [0.2, 0.25) is 0 Å². The molecule has 0 amide bonds. The van der Waals surface area contributed by atoms with Crippen LogP contribution in [0.5, 0.6) is 0 Å². The lowest BCUT2D eigenvalue weighted by Gasteiger charge is -2.33. The fourth-order valence-corrected chi connectivity index (χ4v) is 5.67. The summed E-state index contributed by atoms with van der Waals surface area (Å²) in [5.74, 6) is 0.657. The van der Waals surface area contributed by atoms with Gasteiger partial charge in [-0.1, -0.05) is 32.9 Å². The number of aromatic nitrogens is 2. The highest BCUT2D eigenvalue weighted by Gasteiger charge is 2.31. The highest BCUT2D eigenvalue weighted by molar-refractivity contribution is 7.71. The molecule has 5 heteroatoms. The number of benzene rings is 1. The summed E-state index contributed by atoms with van der Waals surface area (Å²) in [7, 11) is 0. The molecule has 2 heterocycles. The van der Waals surface area contributed by atoms with Gasteiger partial charge in [-0.25, -0.2) is 0 Å². The van der Waals surface area contributed by atoms with Crippen molar-refractivity contribution in [3.05, 3.63) is 55.4 Å². The number of hydrogen-bond donors (Lipinski definition) is 1. The first kappa shape index (κ1) is 17.7. The lowest BCUT2D eigenvalue weighted by molar-refractivity contribution is 0.218. The van der Waals surface area contributed by atoms with Crippen molar-refractivity contribution in [3.63, 3.8) is 0 Å². The molecule has 1 N–H and O–H groups in total. The van der Waals surface area contributed by atoms with Crippen molar-refractivity contribution in [2.24, 2.45) is 11.3 Å². The van der Waals surface area contributed by atoms with Crippen LogP contribution in [0.3, 0.4) is 0 Å². The molecule has 1 aromatic carbocycles. The summed E-state index contributed by atoms with van der Waals surface area (Å²) in [4.78, 5) is 19.0. The predicted octanol–water partition coefficient (Wildman–Crippen LogP) is 5.57. The molecule has 0 saturated carbocycles. The number of aryl methyl sites for hydroxylation is 2. The first-order valence-electron chi connectivity index (χ1n) is 9.12. The van der Waals surface area contributed by atoms with E-state index in [2.05, 4.69) is 25.8 Å². The zero-order valence-electron chi connectivity index (χ0n) is 15.7. The van der Waals surface area contributed by atoms with E-state index < -0.39 is 0 Å². The summed E-state index contributed by atoms with van der Waals surface area (Å²) in [5, 5.41) is 0.840. The number of hydrogen-bond acceptors (Lipinski definition) is 3. The first-order chi connectivity index (χ1) is 12.3. The first-order valence-corrected chi connectivity index (χ1v) is 10.3. The topological polar surface area (TPSA) is 37.8 Å². The summed E-state index contributed by atoms with van der Waals surface area (Å²) in [6.07, 6.45) is 3.18. The molecule has 136 valence electrons. The van der Waals surface area contributed by atoms with Crippen molar-refractivity contribution >= 4 is 33.8 Å². The molecular weight excluding hydrogens is 360 g/mol. The monoisotopic (exact) mass is 384 g/mol. The average molecular weight is 385 g/mol. The molecule has 0 saturated heterocycles. The summed E-state index contributed by atoms with van der Waals surface area (Å²) >= 11 is 7.25. The van der Waals surface area contributed by atoms with Gasteiger partial charge in [0.05, 0.1) is 11.1 Å². The van der Waals surface area contributed by atoms with Crippen molar-refractivity contribution in [2.75, 3.05) is 0 Å². The zero-order valence-corrected chi connectivity index (χ0v) is 17.3. The normalized spacial score (nSPS) is 17.5. The molecule has 0 unspecified atom stereocenters. The van der Waals surface area contributed by atoms with Gasteiger partial charge in [-0.15, -0.1) is 11.3 Å². The van der Waals surface area contributed by atoms with Crippen LogP contribution in [0.1, 0.15) is 43.2 Å². The van der Waals surface area contributed by atoms with Crippen molar-refractivity contribution in [1.29, 1.82) is 0 Å². The van der Waals surface area contributed by atoms with Gasteiger partial charge in [-0.2, -0.15) is 0 Å². The number of nitrogens with zero attached hydrogens (tertiary/aromatic N) is 1. The van der Waals surface area contributed by atoms with Crippen molar-refractivity contribution in [2.45, 2.75) is 47.0 Å². The number of aromatic amines is 1. The highest BCUT2D eigenvalue weighted by Crippen LogP contribution is 2.42. The fourth-order valence-electron chi connectivity index (χ4n) is 4.00. The fraction of sp³-hybridized carbons (Fsp3) is 0.429. The number of rotatable bonds is 1. The van der Waals surface area contributed by atoms with Crippen LogP contribution in [-0.4, -0.2) is 9.55 Å². The van der Waals surface area contributed by atoms with Gasteiger partial charge in [0, 0.05) is 4.88 Å². The van der Waals surface area contributed by atoms with Gasteiger partial charge < -0.3 is 4.98 Å². The van der Waals surface area contributed by atoms with Crippen LogP contribution >= 0.6 is 23.6 Å². The van der Waals surface area contributed by atoms with Gasteiger partial charge in [0.1, 0.15) is 4.83 Å². The third kappa shape index (κ3) is 2.87. The summed E-state index contributed by atoms with van der Waals surface area (Å²) in [5.41, 5.74) is 3.50. The molecule has 1 aliphatic rings. The number of thiophene rings is 1. The third-order valence-corrected chi connectivity index (χ3v) is 7.04. The van der Waals surface area contributed by atoms with Gasteiger partial charge in [0.25, 0.3) is 5.56 Å². The second-order valence-electron chi connectivity index (χ2n) is 8.42. The maximum absolute atomic E-state index is 13.4. The Balaban J connectivity index is 1.92. The maximum Gasteiger partial charge on any atom is 0.267 e. The second kappa shape index (κ2) is 6.17. The van der Waals surface area contributed by atoms with E-state index >= 15 is 0 Å². The Kier molecular flexibility index (Phi) is 4.20. The standard InChI is InChI=1S/C21H24N2OS2/c1-12-6-5-7-14(10-12)23-19(24)17-15-9-8-13(21(2,3)4)11-16(15)26-18(17)22-20(23)25/h5-7,10,13H,8-9,11H2,1-4H3,(H,22,25)/t13-/m0/s1. The minimum atomic E-state index is 0.0149. The molecule has 0 fully saturated rings. The Hall–Kier alpha value is -1.72. The van der Waals surface area contributed by atoms with E-state index in [1.807, 2.05) is 31.2 Å². The molecule has 1 aliphatic carbocycles. The molecule has 0 aliphatic heterocycles. The van der Waals surface area contributed by atoms with E-state index in [1.54, 1.807) is 15.9 Å². The quantitative estimate of drug-likeness (QED) is 0.557. The van der Waals surface area contributed by atoms with Gasteiger partial charge in [-0.05, 0) is 73.0 Å². The van der Waals surface area contributed by atoms with E-state index in [0.717, 1.165) is 40.7 Å². The van der Waals surface area contributed by atoms with Crippen LogP contribution in [0.2, 0.25) is 0 Å². The van der Waals surface area contributed by atoms with Crippen LogP contribution in [0.4, 0.5) is 0 Å². The van der Waals surface area contributed by atoms with Crippen LogP contribution < -0.4 is 5.56 Å². The highest BCUT2D eigenvalue weighted by atomic mass is 32.1. The maximum atomic E-state index is 13.4. The Morgan fingerprint density at radius 1 is 1.31 bits per heavy atom. The van der Waals surface area contributed by atoms with E-state index in [4.69, 9.17) is 12.2 Å². The third-order valence-electron chi connectivity index (χ3n) is 5.59. The average Bonchev–Trinajstić information content (AvgIpc) is 2.91. The van der Waals surface area contributed by atoms with Crippen molar-refractivity contribution in [3.8, 4) is 5.69 Å². The lowest BCUT2D eigenvalue weighted by atomic mass is 9.72. The molecule has 3 nitrogen and oxygen atoms in total. The van der Waals surface area contributed by atoms with Gasteiger partial charge in [0.15, 0.2) is 4.77 Å². The number of nitrogens with one attached hydrogen (secondary N) is 1. The predicted molar refractivity (Wildman–Crippen MR) is 112 cm³/mol. The largest absolute Gasteiger partial charge is 0.323 e. The van der Waals surface area contributed by atoms with E-state index in [1.165, 1.54) is 10.4 Å². The van der Waals surface area contributed by atoms with Crippen LogP contribution in [0, 0.1) is 23.0 Å². The Morgan fingerprint density at radius 3 is 2.77 bits per heavy atom. The van der Waals surface area contributed by atoms with E-state index in [9.17, 15) is 4.79 Å². The smallest absolute Gasteiger partial charge is 0.267 e. The van der Waals surface area contributed by atoms with Crippen LogP contribution in [-0.2, 0) is 12.8 Å². The van der Waals surface area contributed by atoms with Gasteiger partial charge >= 0.3 is 0 Å². The molecular formula is C21H24N2OS2. The summed E-state index contributed by atoms with van der Waals surface area (Å²) < 4.78 is 2.12. The van der Waals surface area contributed by atoms with Crippen molar-refractivity contribution in [1.82, 2.24) is 9.55 Å². The van der Waals surface area contributed by atoms with Crippen molar-refractivity contribution < 1.29 is 0 Å². The molecule has 0 bridgehead atoms. The molecule has 2 aromatic heterocycles. The molecule has 1 atom stereocenters. The SMILES string of the molecule is Cc1cccc(-n2c(=S)[nH]c3sc4c(c3c2=O)CC[C@H](C(C)(C)C)C4)c1. The van der Waals surface area contributed by atoms with Gasteiger partial charge in [-0.3, -0.25) is 9.36 Å². The van der Waals surface area contributed by atoms with Crippen LogP contribution in [0.25, 0.3) is 15.9 Å². The zero-order chi connectivity index (χ0) is 18.6. The second-order valence-corrected chi connectivity index (χ2v) is 9.92. The minimum absolute atomic E-state index is 0.0149. The Morgan fingerprint density at radius 2 is 2.08 bits per heavy atom. The van der Waals surface area contributed by atoms with Crippen LogP contribution in [0.15, 0.2) is 29.1 Å². The molecule has 26 heavy (non-hydrogen) atoms. The number of H-pyrrole nitrogens is 1. The summed E-state index contributed by atoms with van der Waals surface area (Å²) in [6, 6.07) is 7.94. The van der Waals surface area contributed by atoms with E-state index in [-0.39, 0.29) is 5.56 Å². The Bertz CT molecular complexity index is 1110. The number of fused-ring (bicyclic) bond motifs is 3. The molecule has 0 spiro atoms. The van der Waals surface area contributed by atoms with E-state index in [0.29, 0.717) is 16.1 Å². The summed E-state index contributed by atoms with van der Waals surface area (Å²) in [6.45, 7) is 8.97. The molecule has 4 rings (SSSR count). The Labute approximate surface area is 162 Å². The minimum Gasteiger partial charge on any atom is -0.323 e.